The zero-order valence-electron chi connectivity index (χ0n) is 10.3. The van der Waals surface area contributed by atoms with Crippen molar-refractivity contribution >= 4 is 11.8 Å². The van der Waals surface area contributed by atoms with Crippen LogP contribution in [0.25, 0.3) is 0 Å². The number of amides is 2. The first-order valence-electron chi connectivity index (χ1n) is 5.28. The van der Waals surface area contributed by atoms with Crippen molar-refractivity contribution in [2.24, 2.45) is 5.41 Å². The first kappa shape index (κ1) is 14.4. The topological polar surface area (TPSA) is 73.2 Å². The summed E-state index contributed by atoms with van der Waals surface area (Å²) < 4.78 is 0. The van der Waals surface area contributed by atoms with Crippen LogP contribution in [0, 0.1) is 16.7 Å². The van der Waals surface area contributed by atoms with Gasteiger partial charge in [-0.05, 0) is 13.3 Å². The van der Waals surface area contributed by atoms with Crippen LogP contribution < -0.4 is 5.32 Å². The molecular formula is C11H19N3O2. The van der Waals surface area contributed by atoms with Crippen molar-refractivity contribution in [3.8, 4) is 6.07 Å². The van der Waals surface area contributed by atoms with Crippen LogP contribution >= 0.6 is 0 Å². The van der Waals surface area contributed by atoms with E-state index in [2.05, 4.69) is 5.32 Å². The first-order valence-corrected chi connectivity index (χ1v) is 5.28. The van der Waals surface area contributed by atoms with Crippen LogP contribution in [0.3, 0.4) is 0 Å². The Labute approximate surface area is 96.4 Å². The Morgan fingerprint density at radius 3 is 2.44 bits per heavy atom. The molecule has 1 atom stereocenters. The molecule has 1 unspecified atom stereocenters. The normalized spacial score (nSPS) is 13.4. The van der Waals surface area contributed by atoms with Crippen molar-refractivity contribution in [3.05, 3.63) is 0 Å². The Morgan fingerprint density at radius 1 is 1.50 bits per heavy atom. The lowest BCUT2D eigenvalue weighted by atomic mass is 9.88. The molecular weight excluding hydrogens is 206 g/mol. The van der Waals surface area contributed by atoms with Gasteiger partial charge in [0, 0.05) is 27.1 Å². The second-order valence-electron chi connectivity index (χ2n) is 3.95. The molecule has 0 aliphatic carbocycles. The van der Waals surface area contributed by atoms with E-state index in [-0.39, 0.29) is 18.2 Å². The summed E-state index contributed by atoms with van der Waals surface area (Å²) >= 11 is 0. The molecule has 0 heterocycles. The minimum atomic E-state index is -0.989. The van der Waals surface area contributed by atoms with Gasteiger partial charge >= 0.3 is 0 Å². The Hall–Kier alpha value is -1.57. The average Bonchev–Trinajstić information content (AvgIpc) is 2.33. The molecule has 0 saturated carbocycles. The predicted octanol–water partition coefficient (Wildman–Crippen LogP) is 0.521. The Morgan fingerprint density at radius 2 is 2.06 bits per heavy atom. The minimum Gasteiger partial charge on any atom is -0.359 e. The van der Waals surface area contributed by atoms with Crippen molar-refractivity contribution in [3.63, 3.8) is 0 Å². The second kappa shape index (κ2) is 6.11. The molecule has 1 N–H and O–H groups in total. The van der Waals surface area contributed by atoms with E-state index in [0.29, 0.717) is 13.0 Å². The first-order chi connectivity index (χ1) is 7.41. The standard InChI is InChI=1S/C11H19N3O2/c1-5-11(2,8-12)10(16)14(4)7-6-9(15)13-3/h5-7H2,1-4H3,(H,13,15). The van der Waals surface area contributed by atoms with Crippen molar-refractivity contribution in [2.45, 2.75) is 26.7 Å². The number of carbonyl (C=O) groups is 2. The molecule has 0 spiro atoms. The molecule has 0 aliphatic heterocycles. The number of rotatable bonds is 5. The minimum absolute atomic E-state index is 0.116. The summed E-state index contributed by atoms with van der Waals surface area (Å²) in [6.45, 7) is 3.75. The highest BCUT2D eigenvalue weighted by atomic mass is 16.2. The lowest BCUT2D eigenvalue weighted by Gasteiger charge is -2.25. The van der Waals surface area contributed by atoms with E-state index in [4.69, 9.17) is 5.26 Å². The predicted molar refractivity (Wildman–Crippen MR) is 60.3 cm³/mol. The Bertz CT molecular complexity index is 309. The molecule has 0 aromatic heterocycles. The molecule has 0 fully saturated rings. The van der Waals surface area contributed by atoms with Crippen LogP contribution in [-0.4, -0.2) is 37.4 Å². The van der Waals surface area contributed by atoms with Crippen LogP contribution in [0.1, 0.15) is 26.7 Å². The summed E-state index contributed by atoms with van der Waals surface area (Å²) in [7, 11) is 3.16. The fraction of sp³-hybridized carbons (Fsp3) is 0.727. The highest BCUT2D eigenvalue weighted by Gasteiger charge is 2.33. The summed E-state index contributed by atoms with van der Waals surface area (Å²) in [6.07, 6.45) is 0.719. The third kappa shape index (κ3) is 3.54. The summed E-state index contributed by atoms with van der Waals surface area (Å²) in [5, 5.41) is 11.4. The number of nitrogens with one attached hydrogen (secondary N) is 1. The van der Waals surface area contributed by atoms with Gasteiger partial charge < -0.3 is 10.2 Å². The van der Waals surface area contributed by atoms with Gasteiger partial charge in [-0.2, -0.15) is 5.26 Å². The van der Waals surface area contributed by atoms with Gasteiger partial charge in [0.25, 0.3) is 0 Å². The smallest absolute Gasteiger partial charge is 0.242 e. The van der Waals surface area contributed by atoms with Crippen molar-refractivity contribution in [2.75, 3.05) is 20.6 Å². The van der Waals surface area contributed by atoms with Gasteiger partial charge in [-0.1, -0.05) is 6.92 Å². The van der Waals surface area contributed by atoms with E-state index in [1.165, 1.54) is 4.90 Å². The van der Waals surface area contributed by atoms with E-state index >= 15 is 0 Å². The molecule has 0 aromatic carbocycles. The SMILES string of the molecule is CCC(C)(C#N)C(=O)N(C)CCC(=O)NC. The number of hydrogen-bond donors (Lipinski definition) is 1. The summed E-state index contributed by atoms with van der Waals surface area (Å²) in [5.41, 5.74) is -0.989. The number of carbonyl (C=O) groups excluding carboxylic acids is 2. The molecule has 0 rings (SSSR count). The van der Waals surface area contributed by atoms with Gasteiger partial charge in [-0.3, -0.25) is 9.59 Å². The third-order valence-electron chi connectivity index (χ3n) is 2.73. The maximum Gasteiger partial charge on any atom is 0.242 e. The van der Waals surface area contributed by atoms with Crippen LogP contribution in [-0.2, 0) is 9.59 Å². The Kier molecular flexibility index (Phi) is 5.51. The fourth-order valence-corrected chi connectivity index (χ4v) is 1.20. The number of nitriles is 1. The zero-order valence-corrected chi connectivity index (χ0v) is 10.3. The van der Waals surface area contributed by atoms with Gasteiger partial charge in [-0.25, -0.2) is 0 Å². The van der Waals surface area contributed by atoms with E-state index in [1.54, 1.807) is 27.9 Å². The van der Waals surface area contributed by atoms with Crippen molar-refractivity contribution in [1.82, 2.24) is 10.2 Å². The molecule has 0 aromatic rings. The molecule has 5 nitrogen and oxygen atoms in total. The van der Waals surface area contributed by atoms with E-state index < -0.39 is 5.41 Å². The molecule has 2 amide bonds. The lowest BCUT2D eigenvalue weighted by Crippen LogP contribution is -2.40. The number of nitrogens with zero attached hydrogens (tertiary/aromatic N) is 2. The maximum absolute atomic E-state index is 11.9. The second-order valence-corrected chi connectivity index (χ2v) is 3.95. The fourth-order valence-electron chi connectivity index (χ4n) is 1.20. The molecule has 0 saturated heterocycles. The van der Waals surface area contributed by atoms with E-state index in [9.17, 15) is 9.59 Å². The largest absolute Gasteiger partial charge is 0.359 e. The van der Waals surface area contributed by atoms with Crippen molar-refractivity contribution < 1.29 is 9.59 Å². The molecule has 0 bridgehead atoms. The van der Waals surface area contributed by atoms with Crippen LogP contribution in [0.5, 0.6) is 0 Å². The van der Waals surface area contributed by atoms with Gasteiger partial charge in [-0.15, -0.1) is 0 Å². The molecule has 0 radical (unpaired) electrons. The monoisotopic (exact) mass is 225 g/mol. The Balaban J connectivity index is 4.40. The molecule has 0 aliphatic rings. The van der Waals surface area contributed by atoms with Gasteiger partial charge in [0.1, 0.15) is 5.41 Å². The average molecular weight is 225 g/mol. The van der Waals surface area contributed by atoms with Gasteiger partial charge in [0.05, 0.1) is 6.07 Å². The van der Waals surface area contributed by atoms with Crippen molar-refractivity contribution in [1.29, 1.82) is 5.26 Å². The van der Waals surface area contributed by atoms with Crippen LogP contribution in [0.2, 0.25) is 0 Å². The quantitative estimate of drug-likeness (QED) is 0.741. The molecule has 90 valence electrons. The summed E-state index contributed by atoms with van der Waals surface area (Å²) in [4.78, 5) is 24.3. The van der Waals surface area contributed by atoms with E-state index in [1.807, 2.05) is 6.07 Å². The molecule has 16 heavy (non-hydrogen) atoms. The van der Waals surface area contributed by atoms with Crippen LogP contribution in [0.15, 0.2) is 0 Å². The summed E-state index contributed by atoms with van der Waals surface area (Å²) in [6, 6.07) is 2.02. The lowest BCUT2D eigenvalue weighted by molar-refractivity contribution is -0.137. The van der Waals surface area contributed by atoms with Gasteiger partial charge in [0.15, 0.2) is 0 Å². The third-order valence-corrected chi connectivity index (χ3v) is 2.73. The highest BCUT2D eigenvalue weighted by molar-refractivity contribution is 5.85. The zero-order chi connectivity index (χ0) is 12.8. The molecule has 5 heteroatoms. The van der Waals surface area contributed by atoms with E-state index in [0.717, 1.165) is 0 Å². The van der Waals surface area contributed by atoms with Gasteiger partial charge in [0.2, 0.25) is 11.8 Å². The summed E-state index contributed by atoms with van der Waals surface area (Å²) in [5.74, 6) is -0.351. The highest BCUT2D eigenvalue weighted by Crippen LogP contribution is 2.22. The number of hydrogen-bond acceptors (Lipinski definition) is 3. The van der Waals surface area contributed by atoms with Crippen LogP contribution in [0.4, 0.5) is 0 Å². The maximum atomic E-state index is 11.9.